The maximum absolute atomic E-state index is 13.8. The summed E-state index contributed by atoms with van der Waals surface area (Å²) in [5.74, 6) is -0.539. The zero-order chi connectivity index (χ0) is 33.6. The van der Waals surface area contributed by atoms with E-state index in [9.17, 15) is 24.1 Å². The van der Waals surface area contributed by atoms with Gasteiger partial charge in [0.05, 0.1) is 17.6 Å². The molecule has 0 radical (unpaired) electrons. The summed E-state index contributed by atoms with van der Waals surface area (Å²) in [7, 11) is -0.602. The number of hydrogen-bond acceptors (Lipinski definition) is 7. The number of hydrazine groups is 1. The molecule has 1 heterocycles. The molecule has 3 aliphatic carbocycles. The molecule has 254 valence electrons. The minimum atomic E-state index is -0.857. The second kappa shape index (κ2) is 15.1. The van der Waals surface area contributed by atoms with Gasteiger partial charge in [-0.25, -0.2) is 14.5 Å². The molecule has 2 bridgehead atoms. The van der Waals surface area contributed by atoms with E-state index in [1.807, 2.05) is 0 Å². The van der Waals surface area contributed by atoms with Crippen molar-refractivity contribution < 1.29 is 28.3 Å². The summed E-state index contributed by atoms with van der Waals surface area (Å²) in [6.45, 7) is 11.1. The van der Waals surface area contributed by atoms with E-state index >= 15 is 0 Å². The minimum absolute atomic E-state index is 0.0274. The molecular formula is C32H50BFN6O6. The summed E-state index contributed by atoms with van der Waals surface area (Å²) < 4.78 is 26.4. The monoisotopic (exact) mass is 644 g/mol. The summed E-state index contributed by atoms with van der Waals surface area (Å²) in [6, 6.07) is 5.44. The number of hydrogen-bond donors (Lipinski definition) is 5. The Morgan fingerprint density at radius 2 is 1.85 bits per heavy atom. The molecule has 4 fully saturated rings. The molecule has 14 heteroatoms. The van der Waals surface area contributed by atoms with Crippen molar-refractivity contribution in [3.8, 4) is 0 Å². The lowest BCUT2D eigenvalue weighted by Gasteiger charge is -2.64. The number of unbranched alkanes of at least 4 members (excludes halogenated alkanes) is 1. The first-order valence-corrected chi connectivity index (χ1v) is 16.6. The Morgan fingerprint density at radius 3 is 2.50 bits per heavy atom. The van der Waals surface area contributed by atoms with Crippen LogP contribution in [0.5, 0.6) is 0 Å². The Morgan fingerprint density at radius 1 is 1.13 bits per heavy atom. The van der Waals surface area contributed by atoms with Gasteiger partial charge in [0.25, 0.3) is 5.96 Å². The second-order valence-electron chi connectivity index (χ2n) is 14.3. The lowest BCUT2D eigenvalue weighted by molar-refractivity contribution is -0.525. The molecule has 0 aromatic heterocycles. The average molecular weight is 645 g/mol. The van der Waals surface area contributed by atoms with E-state index in [4.69, 9.17) is 14.7 Å². The fourth-order valence-corrected chi connectivity index (χ4v) is 7.55. The van der Waals surface area contributed by atoms with Crippen LogP contribution in [0.4, 0.5) is 4.39 Å². The summed E-state index contributed by atoms with van der Waals surface area (Å²) >= 11 is 0. The fourth-order valence-electron chi connectivity index (χ4n) is 7.55. The first-order chi connectivity index (χ1) is 21.7. The number of guanidine groups is 1. The van der Waals surface area contributed by atoms with Crippen LogP contribution in [0.2, 0.25) is 0 Å². The number of aryl methyl sites for hydroxylation is 1. The molecule has 3 saturated carbocycles. The van der Waals surface area contributed by atoms with Gasteiger partial charge in [0.1, 0.15) is 11.9 Å². The van der Waals surface area contributed by atoms with Gasteiger partial charge in [0.15, 0.2) is 5.03 Å². The lowest BCUT2D eigenvalue weighted by Crippen LogP contribution is -2.65. The van der Waals surface area contributed by atoms with Crippen LogP contribution in [0.25, 0.3) is 0 Å². The van der Waals surface area contributed by atoms with Crippen molar-refractivity contribution in [3.05, 3.63) is 45.8 Å². The normalized spacial score (nSPS) is 25.5. The SMILES string of the molecule is CC(C)C[C@H](NC(=O)[C@H](CCCNC(=N)N[N+](=O)[O-])NC(=O)CCCCc1ccc(F)cc1)B1O[C@@H]2C[C@@H]3C[C@@H](C3(C)C)[C@]2(C)O1. The van der Waals surface area contributed by atoms with Gasteiger partial charge in [0, 0.05) is 13.0 Å². The number of benzene rings is 1. The van der Waals surface area contributed by atoms with Crippen molar-refractivity contribution in [3.63, 3.8) is 0 Å². The van der Waals surface area contributed by atoms with Crippen molar-refractivity contribution in [1.29, 1.82) is 5.41 Å². The highest BCUT2D eigenvalue weighted by atomic mass is 19.1. The van der Waals surface area contributed by atoms with Gasteiger partial charge < -0.3 is 25.3 Å². The maximum Gasteiger partial charge on any atom is 0.481 e. The van der Waals surface area contributed by atoms with Gasteiger partial charge in [-0.05, 0) is 99.2 Å². The smallest absolute Gasteiger partial charge is 0.404 e. The van der Waals surface area contributed by atoms with Crippen LogP contribution in [0.3, 0.4) is 0 Å². The third-order valence-corrected chi connectivity index (χ3v) is 10.2. The number of halogens is 1. The van der Waals surface area contributed by atoms with E-state index in [0.717, 1.165) is 24.8 Å². The van der Waals surface area contributed by atoms with Crippen LogP contribution >= 0.6 is 0 Å². The Hall–Kier alpha value is -3.26. The zero-order valence-electron chi connectivity index (χ0n) is 27.7. The first-order valence-electron chi connectivity index (χ1n) is 16.6. The van der Waals surface area contributed by atoms with Gasteiger partial charge in [0.2, 0.25) is 11.8 Å². The largest absolute Gasteiger partial charge is 0.481 e. The Balaban J connectivity index is 1.36. The minimum Gasteiger partial charge on any atom is -0.404 e. The van der Waals surface area contributed by atoms with E-state index in [0.29, 0.717) is 37.5 Å². The molecule has 5 rings (SSSR count). The number of carbonyl (C=O) groups is 2. The predicted octanol–water partition coefficient (Wildman–Crippen LogP) is 3.91. The van der Waals surface area contributed by atoms with E-state index in [-0.39, 0.29) is 54.5 Å². The molecule has 4 aliphatic rings. The standard InChI is InChI=1S/C32H50BFN6O6/c1-20(2)17-27(33-45-26-19-22-18-25(31(22,3)4)32(26,5)46-33)38-29(42)24(10-8-16-36-30(35)39-40(43)44)37-28(41)11-7-6-9-21-12-14-23(34)15-13-21/h12-15,20,22,24-27H,6-11,16-19H2,1-5H3,(H,37,41)(H,38,42)(H3,35,36,39)/t22-,24-,25-,26+,27-,32-/m0/s1. The molecule has 46 heavy (non-hydrogen) atoms. The first kappa shape index (κ1) is 35.6. The summed E-state index contributed by atoms with van der Waals surface area (Å²) in [5.41, 5.74) is 2.50. The molecule has 0 unspecified atom stereocenters. The van der Waals surface area contributed by atoms with Crippen LogP contribution in [0.15, 0.2) is 24.3 Å². The number of nitro groups is 1. The van der Waals surface area contributed by atoms with Crippen molar-refractivity contribution >= 4 is 24.9 Å². The van der Waals surface area contributed by atoms with E-state index in [2.05, 4.69) is 50.6 Å². The topological polar surface area (TPSA) is 168 Å². The highest BCUT2D eigenvalue weighted by Gasteiger charge is 2.68. The predicted molar refractivity (Wildman–Crippen MR) is 172 cm³/mol. The second-order valence-corrected chi connectivity index (χ2v) is 14.3. The molecule has 0 spiro atoms. The quantitative estimate of drug-likeness (QED) is 0.0451. The van der Waals surface area contributed by atoms with E-state index < -0.39 is 35.7 Å². The zero-order valence-corrected chi connectivity index (χ0v) is 27.7. The fraction of sp³-hybridized carbons (Fsp3) is 0.719. The average Bonchev–Trinajstić information content (AvgIpc) is 3.34. The van der Waals surface area contributed by atoms with E-state index in [1.165, 1.54) is 12.1 Å². The molecule has 1 aliphatic heterocycles. The van der Waals surface area contributed by atoms with Gasteiger partial charge in [-0.15, -0.1) is 0 Å². The Labute approximate surface area is 271 Å². The van der Waals surface area contributed by atoms with Gasteiger partial charge >= 0.3 is 7.12 Å². The van der Waals surface area contributed by atoms with Crippen LogP contribution < -0.4 is 21.4 Å². The highest BCUT2D eigenvalue weighted by Crippen LogP contribution is 2.65. The maximum atomic E-state index is 13.8. The lowest BCUT2D eigenvalue weighted by atomic mass is 9.43. The molecule has 5 N–H and O–H groups in total. The summed E-state index contributed by atoms with van der Waals surface area (Å²) in [5, 5.41) is 26.0. The number of amides is 2. The molecule has 1 aromatic rings. The molecule has 1 saturated heterocycles. The van der Waals surface area contributed by atoms with Crippen LogP contribution in [-0.2, 0) is 25.3 Å². The van der Waals surface area contributed by atoms with Crippen molar-refractivity contribution in [1.82, 2.24) is 21.4 Å². The van der Waals surface area contributed by atoms with E-state index in [1.54, 1.807) is 17.6 Å². The molecule has 1 aromatic carbocycles. The van der Waals surface area contributed by atoms with Crippen LogP contribution in [-0.4, -0.2) is 60.2 Å². The van der Waals surface area contributed by atoms with Crippen molar-refractivity contribution in [2.75, 3.05) is 6.54 Å². The van der Waals surface area contributed by atoms with Crippen LogP contribution in [0, 0.1) is 44.5 Å². The summed E-state index contributed by atoms with van der Waals surface area (Å²) in [6.07, 6.45) is 5.56. The molecular weight excluding hydrogens is 594 g/mol. The van der Waals surface area contributed by atoms with Gasteiger partial charge in [-0.1, -0.05) is 45.3 Å². The van der Waals surface area contributed by atoms with Gasteiger partial charge in [-0.3, -0.25) is 15.0 Å². The molecule has 6 atom stereocenters. The number of nitrogens with zero attached hydrogens (tertiary/aromatic N) is 1. The Bertz CT molecular complexity index is 1250. The molecule has 2 amide bonds. The Kier molecular flexibility index (Phi) is 11.7. The third kappa shape index (κ3) is 8.75. The van der Waals surface area contributed by atoms with Gasteiger partial charge in [-0.2, -0.15) is 0 Å². The highest BCUT2D eigenvalue weighted by molar-refractivity contribution is 6.48. The summed E-state index contributed by atoms with van der Waals surface area (Å²) in [4.78, 5) is 37.4. The number of carbonyl (C=O) groups excluding carboxylic acids is 2. The van der Waals surface area contributed by atoms with Crippen molar-refractivity contribution in [2.24, 2.45) is 23.2 Å². The number of nitrogens with one attached hydrogen (secondary N) is 5. The molecule has 12 nitrogen and oxygen atoms in total. The van der Waals surface area contributed by atoms with Crippen LogP contribution in [0.1, 0.15) is 91.5 Å². The van der Waals surface area contributed by atoms with Crippen molar-refractivity contribution in [2.45, 2.75) is 116 Å². The third-order valence-electron chi connectivity index (χ3n) is 10.2. The number of rotatable bonds is 16.